The van der Waals surface area contributed by atoms with Crippen molar-refractivity contribution in [1.29, 1.82) is 0 Å². The maximum atomic E-state index is 6.47. The molecule has 8 nitrogen and oxygen atoms in total. The normalized spacial score (nSPS) is 13.0. The van der Waals surface area contributed by atoms with Crippen LogP contribution in [0.3, 0.4) is 0 Å². The number of hydrogen-bond acceptors (Lipinski definition) is 8. The Morgan fingerprint density at radius 1 is 1.30 bits per heavy atom. The summed E-state index contributed by atoms with van der Waals surface area (Å²) in [7, 11) is 1.70. The molecule has 4 N–H and O–H groups in total. The Morgan fingerprint density at radius 2 is 2.03 bits per heavy atom. The van der Waals surface area contributed by atoms with Gasteiger partial charge in [-0.3, -0.25) is 4.98 Å². The van der Waals surface area contributed by atoms with Crippen LogP contribution in [0.5, 0.6) is 0 Å². The van der Waals surface area contributed by atoms with E-state index in [0.717, 1.165) is 17.7 Å². The molecular weight excluding hydrogens is 378 g/mol. The fraction of sp³-hybridized carbons (Fsp3) is 0.500. The maximum absolute atomic E-state index is 6.47. The van der Waals surface area contributed by atoms with Crippen molar-refractivity contribution in [3.63, 3.8) is 0 Å². The molecule has 0 radical (unpaired) electrons. The van der Waals surface area contributed by atoms with Crippen molar-refractivity contribution in [1.82, 2.24) is 15.0 Å². The smallest absolute Gasteiger partial charge is 0.227 e. The number of hydrogen-bond donors (Lipinski definition) is 3. The second-order valence-corrected chi connectivity index (χ2v) is 7.54. The third-order valence-electron chi connectivity index (χ3n) is 5.16. The van der Waals surface area contributed by atoms with E-state index < -0.39 is 0 Å². The molecule has 2 heterocycles. The average Bonchev–Trinajstić information content (AvgIpc) is 2.73. The van der Waals surface area contributed by atoms with Crippen molar-refractivity contribution in [3.05, 3.63) is 42.4 Å². The van der Waals surface area contributed by atoms with E-state index >= 15 is 0 Å². The highest BCUT2D eigenvalue weighted by Gasteiger charge is 2.21. The number of rotatable bonds is 11. The van der Waals surface area contributed by atoms with E-state index in [2.05, 4.69) is 48.0 Å². The van der Waals surface area contributed by atoms with E-state index in [1.165, 1.54) is 0 Å². The first-order chi connectivity index (χ1) is 14.3. The monoisotopic (exact) mass is 413 g/mol. The molecule has 2 aromatic heterocycles. The Morgan fingerprint density at radius 3 is 2.60 bits per heavy atom. The predicted molar refractivity (Wildman–Crippen MR) is 125 cm³/mol. The molecule has 0 amide bonds. The SMILES string of the molecule is C=CN(c1nc(N[C@@H](CC)[C@@H](C)OC)nc(NCc2ncccc2C)c1N)C(C)C. The van der Waals surface area contributed by atoms with E-state index in [9.17, 15) is 0 Å². The van der Waals surface area contributed by atoms with Gasteiger partial charge in [-0.05, 0) is 51.9 Å². The third kappa shape index (κ3) is 5.60. The summed E-state index contributed by atoms with van der Waals surface area (Å²) in [6, 6.07) is 4.15. The number of nitrogen functional groups attached to an aromatic ring is 1. The Kier molecular flexibility index (Phi) is 8.41. The summed E-state index contributed by atoms with van der Waals surface area (Å²) in [6.07, 6.45) is 4.38. The molecule has 0 aliphatic rings. The number of nitrogens with zero attached hydrogens (tertiary/aromatic N) is 4. The van der Waals surface area contributed by atoms with Crippen LogP contribution in [0.2, 0.25) is 0 Å². The van der Waals surface area contributed by atoms with Gasteiger partial charge in [0.25, 0.3) is 0 Å². The lowest BCUT2D eigenvalue weighted by Gasteiger charge is -2.28. The summed E-state index contributed by atoms with van der Waals surface area (Å²) < 4.78 is 5.49. The summed E-state index contributed by atoms with van der Waals surface area (Å²) in [5.74, 6) is 1.65. The average molecular weight is 414 g/mol. The Balaban J connectivity index is 2.43. The van der Waals surface area contributed by atoms with E-state index in [0.29, 0.717) is 29.8 Å². The minimum atomic E-state index is 0.00721. The van der Waals surface area contributed by atoms with Crippen molar-refractivity contribution in [3.8, 4) is 0 Å². The summed E-state index contributed by atoms with van der Waals surface area (Å²) in [6.45, 7) is 14.7. The second kappa shape index (κ2) is 10.8. The highest BCUT2D eigenvalue weighted by atomic mass is 16.5. The Hall–Kier alpha value is -2.87. The zero-order valence-electron chi connectivity index (χ0n) is 18.9. The molecule has 0 fully saturated rings. The van der Waals surface area contributed by atoms with Gasteiger partial charge < -0.3 is 26.0 Å². The van der Waals surface area contributed by atoms with Crippen LogP contribution in [0.4, 0.5) is 23.3 Å². The Labute approximate surface area is 180 Å². The maximum Gasteiger partial charge on any atom is 0.227 e. The van der Waals surface area contributed by atoms with E-state index in [-0.39, 0.29) is 18.2 Å². The number of methoxy groups -OCH3 is 1. The first kappa shape index (κ1) is 23.4. The zero-order valence-corrected chi connectivity index (χ0v) is 18.9. The second-order valence-electron chi connectivity index (χ2n) is 7.54. The topological polar surface area (TPSA) is 101 Å². The lowest BCUT2D eigenvalue weighted by atomic mass is 10.1. The third-order valence-corrected chi connectivity index (χ3v) is 5.16. The summed E-state index contributed by atoms with van der Waals surface area (Å²) in [5.41, 5.74) is 8.98. The summed E-state index contributed by atoms with van der Waals surface area (Å²) in [4.78, 5) is 15.7. The van der Waals surface area contributed by atoms with Gasteiger partial charge in [-0.2, -0.15) is 9.97 Å². The van der Waals surface area contributed by atoms with Crippen molar-refractivity contribution in [2.45, 2.75) is 65.8 Å². The molecule has 0 unspecified atom stereocenters. The van der Waals surface area contributed by atoms with Crippen LogP contribution < -0.4 is 21.3 Å². The standard InChI is InChI=1S/C22H35N7O/c1-8-17(16(6)30-7)26-22-27-20(25-13-18-15(5)11-10-12-24-18)19(23)21(28-22)29(9-2)14(3)4/h9-12,14,16-17H,2,8,13,23H2,1,3-7H3,(H2,25,26,27,28)/t16-,17+/m1/s1. The molecule has 0 bridgehead atoms. The van der Waals surface area contributed by atoms with Crippen molar-refractivity contribution < 1.29 is 4.74 Å². The van der Waals surface area contributed by atoms with Crippen molar-refractivity contribution >= 4 is 23.3 Å². The number of anilines is 4. The first-order valence-corrected chi connectivity index (χ1v) is 10.3. The molecular formula is C22H35N7O. The van der Waals surface area contributed by atoms with E-state index in [4.69, 9.17) is 15.5 Å². The molecule has 0 saturated carbocycles. The molecule has 2 aromatic rings. The minimum absolute atomic E-state index is 0.00721. The number of nitrogens with two attached hydrogens (primary N) is 1. The molecule has 2 rings (SSSR count). The van der Waals surface area contributed by atoms with Crippen LogP contribution in [-0.4, -0.2) is 40.2 Å². The molecule has 8 heteroatoms. The predicted octanol–water partition coefficient (Wildman–Crippen LogP) is 3.96. The lowest BCUT2D eigenvalue weighted by molar-refractivity contribution is 0.1000. The minimum Gasteiger partial charge on any atom is -0.393 e. The van der Waals surface area contributed by atoms with Gasteiger partial charge in [-0.1, -0.05) is 19.6 Å². The fourth-order valence-corrected chi connectivity index (χ4v) is 3.15. The van der Waals surface area contributed by atoms with Gasteiger partial charge in [-0.25, -0.2) is 0 Å². The van der Waals surface area contributed by atoms with Crippen molar-refractivity contribution in [2.75, 3.05) is 28.4 Å². The van der Waals surface area contributed by atoms with Crippen LogP contribution >= 0.6 is 0 Å². The van der Waals surface area contributed by atoms with Gasteiger partial charge >= 0.3 is 0 Å². The van der Waals surface area contributed by atoms with Crippen LogP contribution in [0.1, 0.15) is 45.4 Å². The number of pyridine rings is 1. The van der Waals surface area contributed by atoms with Crippen LogP contribution in [0.15, 0.2) is 31.1 Å². The molecule has 0 aromatic carbocycles. The van der Waals surface area contributed by atoms with Crippen LogP contribution in [0, 0.1) is 6.92 Å². The van der Waals surface area contributed by atoms with E-state index in [1.54, 1.807) is 19.5 Å². The molecule has 0 spiro atoms. The zero-order chi connectivity index (χ0) is 22.3. The van der Waals surface area contributed by atoms with Gasteiger partial charge in [0.15, 0.2) is 11.6 Å². The van der Waals surface area contributed by atoms with E-state index in [1.807, 2.05) is 30.9 Å². The number of nitrogens with one attached hydrogen (secondary N) is 2. The Bertz CT molecular complexity index is 840. The van der Waals surface area contributed by atoms with Gasteiger partial charge in [0.2, 0.25) is 5.95 Å². The summed E-state index contributed by atoms with van der Waals surface area (Å²) >= 11 is 0. The van der Waals surface area contributed by atoms with Crippen LogP contribution in [0.25, 0.3) is 0 Å². The molecule has 0 saturated heterocycles. The van der Waals surface area contributed by atoms with Crippen molar-refractivity contribution in [2.24, 2.45) is 0 Å². The van der Waals surface area contributed by atoms with Gasteiger partial charge in [0.05, 0.1) is 24.4 Å². The van der Waals surface area contributed by atoms with Gasteiger partial charge in [0, 0.05) is 19.3 Å². The number of ether oxygens (including phenoxy) is 1. The molecule has 164 valence electrons. The van der Waals surface area contributed by atoms with Gasteiger partial charge in [0.1, 0.15) is 5.69 Å². The first-order valence-electron chi connectivity index (χ1n) is 10.3. The fourth-order valence-electron chi connectivity index (χ4n) is 3.15. The molecule has 2 atom stereocenters. The highest BCUT2D eigenvalue weighted by Crippen LogP contribution is 2.31. The van der Waals surface area contributed by atoms with Crippen LogP contribution in [-0.2, 0) is 11.3 Å². The molecule has 0 aliphatic carbocycles. The molecule has 0 aliphatic heterocycles. The quantitative estimate of drug-likeness (QED) is 0.509. The number of aromatic nitrogens is 3. The highest BCUT2D eigenvalue weighted by molar-refractivity contribution is 5.77. The lowest BCUT2D eigenvalue weighted by Crippen LogP contribution is -2.33. The van der Waals surface area contributed by atoms with Gasteiger partial charge in [-0.15, -0.1) is 0 Å². The molecule has 30 heavy (non-hydrogen) atoms. The summed E-state index contributed by atoms with van der Waals surface area (Å²) in [5, 5.41) is 6.73. The number of aryl methyl sites for hydroxylation is 1. The largest absolute Gasteiger partial charge is 0.393 e.